The third-order valence-electron chi connectivity index (χ3n) is 4.42. The first-order valence-electron chi connectivity index (χ1n) is 8.17. The third-order valence-corrected chi connectivity index (χ3v) is 4.42. The van der Waals surface area contributed by atoms with Crippen molar-refractivity contribution in [3.63, 3.8) is 0 Å². The molecule has 0 spiro atoms. The minimum Gasteiger partial charge on any atom is -0.493 e. The van der Waals surface area contributed by atoms with Crippen LogP contribution >= 0.6 is 0 Å². The van der Waals surface area contributed by atoms with E-state index >= 15 is 0 Å². The zero-order valence-electron chi connectivity index (χ0n) is 13.2. The number of nitrogens with zero attached hydrogens (tertiary/aromatic N) is 2. The van der Waals surface area contributed by atoms with E-state index in [1.807, 2.05) is 24.0 Å². The molecule has 1 atom stereocenters. The zero-order valence-corrected chi connectivity index (χ0v) is 13.2. The molecular formula is C17H24N2O3. The molecule has 2 aliphatic rings. The fraction of sp³-hybridized carbons (Fsp3) is 0.588. The Bertz CT molecular complexity index is 520. The van der Waals surface area contributed by atoms with Crippen molar-refractivity contribution in [3.8, 4) is 5.75 Å². The summed E-state index contributed by atoms with van der Waals surface area (Å²) in [6.07, 6.45) is 1.81. The lowest BCUT2D eigenvalue weighted by Crippen LogP contribution is -2.37. The number of rotatable bonds is 2. The van der Waals surface area contributed by atoms with E-state index in [9.17, 15) is 4.79 Å². The van der Waals surface area contributed by atoms with E-state index in [0.29, 0.717) is 12.6 Å². The minimum atomic E-state index is -0.184. The monoisotopic (exact) mass is 304 g/mol. The maximum atomic E-state index is 11.9. The van der Waals surface area contributed by atoms with Gasteiger partial charge in [0.25, 0.3) is 0 Å². The highest BCUT2D eigenvalue weighted by molar-refractivity contribution is 5.67. The molecule has 5 nitrogen and oxygen atoms in total. The number of hydrogen-bond acceptors (Lipinski definition) is 4. The second-order valence-electron chi connectivity index (χ2n) is 5.77. The summed E-state index contributed by atoms with van der Waals surface area (Å²) in [5.74, 6) is 1.00. The number of hydrogen-bond donors (Lipinski definition) is 0. The second kappa shape index (κ2) is 7.01. The first-order chi connectivity index (χ1) is 10.8. The van der Waals surface area contributed by atoms with Gasteiger partial charge in [-0.3, -0.25) is 4.90 Å². The summed E-state index contributed by atoms with van der Waals surface area (Å²) in [6.45, 7) is 6.46. The van der Waals surface area contributed by atoms with Crippen LogP contribution in [0.1, 0.15) is 31.4 Å². The number of benzene rings is 1. The van der Waals surface area contributed by atoms with Gasteiger partial charge in [-0.15, -0.1) is 0 Å². The van der Waals surface area contributed by atoms with Gasteiger partial charge in [0.2, 0.25) is 0 Å². The first kappa shape index (κ1) is 15.2. The lowest BCUT2D eigenvalue weighted by atomic mass is 9.99. The average molecular weight is 304 g/mol. The minimum absolute atomic E-state index is 0.184. The lowest BCUT2D eigenvalue weighted by molar-refractivity contribution is 0.105. The maximum absolute atomic E-state index is 11.9. The highest BCUT2D eigenvalue weighted by atomic mass is 16.6. The van der Waals surface area contributed by atoms with Gasteiger partial charge in [0.1, 0.15) is 5.75 Å². The van der Waals surface area contributed by atoms with Crippen molar-refractivity contribution in [1.82, 2.24) is 9.80 Å². The van der Waals surface area contributed by atoms with E-state index in [1.165, 1.54) is 5.56 Å². The second-order valence-corrected chi connectivity index (χ2v) is 5.77. The van der Waals surface area contributed by atoms with Gasteiger partial charge in [-0.25, -0.2) is 4.79 Å². The number of amides is 1. The van der Waals surface area contributed by atoms with Crippen molar-refractivity contribution >= 4 is 6.09 Å². The van der Waals surface area contributed by atoms with Crippen LogP contribution in [0.5, 0.6) is 5.75 Å². The summed E-state index contributed by atoms with van der Waals surface area (Å²) >= 11 is 0. The molecule has 0 bridgehead atoms. The van der Waals surface area contributed by atoms with Gasteiger partial charge in [-0.05, 0) is 19.4 Å². The van der Waals surface area contributed by atoms with Crippen molar-refractivity contribution < 1.29 is 14.3 Å². The highest BCUT2D eigenvalue weighted by Crippen LogP contribution is 2.36. The van der Waals surface area contributed by atoms with Gasteiger partial charge in [0.15, 0.2) is 0 Å². The van der Waals surface area contributed by atoms with Crippen LogP contribution in [0.4, 0.5) is 4.79 Å². The van der Waals surface area contributed by atoms with Gasteiger partial charge in [-0.2, -0.15) is 0 Å². The molecule has 0 N–H and O–H groups in total. The smallest absolute Gasteiger partial charge is 0.409 e. The topological polar surface area (TPSA) is 42.0 Å². The van der Waals surface area contributed by atoms with E-state index in [1.54, 1.807) is 0 Å². The van der Waals surface area contributed by atoms with Crippen molar-refractivity contribution in [3.05, 3.63) is 29.8 Å². The molecule has 0 aromatic heterocycles. The van der Waals surface area contributed by atoms with Gasteiger partial charge < -0.3 is 14.4 Å². The summed E-state index contributed by atoms with van der Waals surface area (Å²) in [4.78, 5) is 16.2. The van der Waals surface area contributed by atoms with Crippen LogP contribution in [0, 0.1) is 0 Å². The van der Waals surface area contributed by atoms with Crippen molar-refractivity contribution in [2.24, 2.45) is 0 Å². The Morgan fingerprint density at radius 1 is 1.27 bits per heavy atom. The lowest BCUT2D eigenvalue weighted by Gasteiger charge is -2.35. The first-order valence-corrected chi connectivity index (χ1v) is 8.17. The Hall–Kier alpha value is -1.75. The SMILES string of the molecule is CCOC(=O)N1CCCN([C@@H]2CCOc3ccccc32)CC1. The van der Waals surface area contributed by atoms with Gasteiger partial charge in [-0.1, -0.05) is 18.2 Å². The Kier molecular flexibility index (Phi) is 4.83. The Morgan fingerprint density at radius 2 is 2.14 bits per heavy atom. The molecule has 2 aliphatic heterocycles. The van der Waals surface area contributed by atoms with Crippen LogP contribution in [-0.2, 0) is 4.74 Å². The van der Waals surface area contributed by atoms with Gasteiger partial charge in [0.05, 0.1) is 13.2 Å². The normalized spacial score (nSPS) is 22.4. The predicted molar refractivity (Wildman–Crippen MR) is 84.1 cm³/mol. The fourth-order valence-electron chi connectivity index (χ4n) is 3.35. The van der Waals surface area contributed by atoms with E-state index in [-0.39, 0.29) is 6.09 Å². The molecule has 0 radical (unpaired) electrons. The molecular weight excluding hydrogens is 280 g/mol. The largest absolute Gasteiger partial charge is 0.493 e. The number of fused-ring (bicyclic) bond motifs is 1. The number of para-hydroxylation sites is 1. The Morgan fingerprint density at radius 3 is 3.00 bits per heavy atom. The van der Waals surface area contributed by atoms with Crippen LogP contribution in [-0.4, -0.2) is 55.3 Å². The molecule has 0 unspecified atom stereocenters. The maximum Gasteiger partial charge on any atom is 0.409 e. The fourth-order valence-corrected chi connectivity index (χ4v) is 3.35. The Labute approximate surface area is 131 Å². The summed E-state index contributed by atoms with van der Waals surface area (Å²) in [6, 6.07) is 8.69. The van der Waals surface area contributed by atoms with E-state index in [4.69, 9.17) is 9.47 Å². The molecule has 1 saturated heterocycles. The number of ether oxygens (including phenoxy) is 2. The summed E-state index contributed by atoms with van der Waals surface area (Å²) < 4.78 is 10.9. The molecule has 1 aromatic rings. The summed E-state index contributed by atoms with van der Waals surface area (Å²) in [7, 11) is 0. The van der Waals surface area contributed by atoms with Crippen molar-refractivity contribution in [2.45, 2.75) is 25.8 Å². The number of carbonyl (C=O) groups is 1. The summed E-state index contributed by atoms with van der Waals surface area (Å²) in [5.41, 5.74) is 1.28. The van der Waals surface area contributed by atoms with Crippen LogP contribution in [0.3, 0.4) is 0 Å². The molecule has 0 saturated carbocycles. The van der Waals surface area contributed by atoms with Gasteiger partial charge in [0, 0.05) is 44.2 Å². The van der Waals surface area contributed by atoms with Crippen LogP contribution < -0.4 is 4.74 Å². The Balaban J connectivity index is 1.68. The molecule has 1 fully saturated rings. The molecule has 2 heterocycles. The van der Waals surface area contributed by atoms with Crippen molar-refractivity contribution in [2.75, 3.05) is 39.4 Å². The van der Waals surface area contributed by atoms with Crippen LogP contribution in [0.15, 0.2) is 24.3 Å². The molecule has 120 valence electrons. The highest BCUT2D eigenvalue weighted by Gasteiger charge is 2.29. The third kappa shape index (κ3) is 3.19. The quantitative estimate of drug-likeness (QED) is 0.842. The van der Waals surface area contributed by atoms with E-state index in [0.717, 1.165) is 51.4 Å². The molecule has 1 amide bonds. The van der Waals surface area contributed by atoms with E-state index < -0.39 is 0 Å². The number of carbonyl (C=O) groups excluding carboxylic acids is 1. The molecule has 22 heavy (non-hydrogen) atoms. The zero-order chi connectivity index (χ0) is 15.4. The summed E-state index contributed by atoms with van der Waals surface area (Å²) in [5, 5.41) is 0. The molecule has 0 aliphatic carbocycles. The van der Waals surface area contributed by atoms with Crippen LogP contribution in [0.2, 0.25) is 0 Å². The van der Waals surface area contributed by atoms with Crippen molar-refractivity contribution in [1.29, 1.82) is 0 Å². The van der Waals surface area contributed by atoms with Crippen LogP contribution in [0.25, 0.3) is 0 Å². The molecule has 3 rings (SSSR count). The predicted octanol–water partition coefficient (Wildman–Crippen LogP) is 2.67. The van der Waals surface area contributed by atoms with Gasteiger partial charge >= 0.3 is 6.09 Å². The molecule has 1 aromatic carbocycles. The average Bonchev–Trinajstić information content (AvgIpc) is 2.80. The molecule has 5 heteroatoms. The van der Waals surface area contributed by atoms with E-state index in [2.05, 4.69) is 17.0 Å². The standard InChI is InChI=1S/C17H24N2O3/c1-2-21-17(20)19-10-5-9-18(11-12-19)15-8-13-22-16-7-4-3-6-14(15)16/h3-4,6-7,15H,2,5,8-13H2,1H3/t15-/m1/s1.